The Kier molecular flexibility index (Phi) is 7.83. The predicted molar refractivity (Wildman–Crippen MR) is 210 cm³/mol. The zero-order chi connectivity index (χ0) is 35.0. The van der Waals surface area contributed by atoms with E-state index in [9.17, 15) is 0 Å². The van der Waals surface area contributed by atoms with E-state index < -0.39 is 0 Å². The molecule has 0 aliphatic carbocycles. The predicted octanol–water partition coefficient (Wildman–Crippen LogP) is 11.3. The van der Waals surface area contributed by atoms with Gasteiger partial charge in [-0.05, 0) is 70.0 Å². The molecule has 0 fully saturated rings. The Labute approximate surface area is 321 Å². The Morgan fingerprint density at radius 3 is 2.21 bits per heavy atom. The van der Waals surface area contributed by atoms with E-state index in [1.807, 2.05) is 36.5 Å². The second-order valence-corrected chi connectivity index (χ2v) is 14.2. The van der Waals surface area contributed by atoms with E-state index in [2.05, 4.69) is 156 Å². The Morgan fingerprint density at radius 1 is 0.585 bits per heavy atom. The van der Waals surface area contributed by atoms with Gasteiger partial charge in [0.2, 0.25) is 5.78 Å². The van der Waals surface area contributed by atoms with Crippen LogP contribution in [-0.4, -0.2) is 23.5 Å². The normalized spacial score (nSPS) is 11.9. The van der Waals surface area contributed by atoms with Crippen molar-refractivity contribution in [2.45, 2.75) is 26.2 Å². The number of hydrogen-bond acceptors (Lipinski definition) is 3. The molecule has 6 nitrogen and oxygen atoms in total. The van der Waals surface area contributed by atoms with Gasteiger partial charge in [0.05, 0.1) is 22.1 Å². The molecule has 7 heteroatoms. The molecule has 0 saturated carbocycles. The minimum atomic E-state index is -0.0157. The Balaban J connectivity index is 0.00000372. The molecule has 4 aromatic heterocycles. The van der Waals surface area contributed by atoms with Crippen LogP contribution >= 0.6 is 0 Å². The number of ether oxygens (including phenoxy) is 1. The number of imidazole rings is 2. The smallest absolute Gasteiger partial charge is 0.509 e. The number of para-hydroxylation sites is 3. The summed E-state index contributed by atoms with van der Waals surface area (Å²) >= 11 is 0. The standard InChI is InChI=1S/C46H33N5O.Pt/c1-46(2,3)32-24-25-47-44(27-32)50-39-18-9-7-16-36(39)37-22-21-35(29-42(37)50)52-34-15-11-14-33(28-34)49-43-26-31(30-12-5-4-6-13-30)20-23-41(43)51-40-19-10-8-17-38(40)48-45(49)51;/h4-27H,1-3H3;/q-2;+2. The molecule has 258 valence electrons. The molecule has 0 atom stereocenters. The summed E-state index contributed by atoms with van der Waals surface area (Å²) in [5.74, 6) is 2.85. The Morgan fingerprint density at radius 2 is 1.36 bits per heavy atom. The van der Waals surface area contributed by atoms with Gasteiger partial charge in [0.1, 0.15) is 5.82 Å². The van der Waals surface area contributed by atoms with Crippen molar-refractivity contribution in [3.05, 3.63) is 163 Å². The largest absolute Gasteiger partial charge is 2.00 e. The number of fused-ring (bicyclic) bond motifs is 8. The molecular formula is C46H33N5OPt. The fourth-order valence-corrected chi connectivity index (χ4v) is 7.37. The van der Waals surface area contributed by atoms with Crippen LogP contribution in [0, 0.1) is 12.1 Å². The van der Waals surface area contributed by atoms with Crippen molar-refractivity contribution in [3.8, 4) is 34.1 Å². The minimum absolute atomic E-state index is 0. The number of nitrogens with zero attached hydrogens (tertiary/aromatic N) is 5. The minimum Gasteiger partial charge on any atom is -0.509 e. The van der Waals surface area contributed by atoms with E-state index >= 15 is 0 Å². The first-order valence-corrected chi connectivity index (χ1v) is 17.5. The van der Waals surface area contributed by atoms with Gasteiger partial charge in [-0.25, -0.2) is 9.97 Å². The molecule has 0 radical (unpaired) electrons. The van der Waals surface area contributed by atoms with E-state index in [1.54, 1.807) is 0 Å². The van der Waals surface area contributed by atoms with Gasteiger partial charge in [0, 0.05) is 23.2 Å². The van der Waals surface area contributed by atoms with E-state index in [0.717, 1.165) is 72.3 Å². The maximum Gasteiger partial charge on any atom is 2.00 e. The first kappa shape index (κ1) is 32.9. The molecule has 0 unspecified atom stereocenters. The maximum atomic E-state index is 6.58. The summed E-state index contributed by atoms with van der Waals surface area (Å²) in [7, 11) is 0. The van der Waals surface area contributed by atoms with E-state index in [1.165, 1.54) is 5.56 Å². The van der Waals surface area contributed by atoms with Crippen molar-refractivity contribution in [2.75, 3.05) is 0 Å². The summed E-state index contributed by atoms with van der Waals surface area (Å²) in [6.45, 7) is 6.66. The average Bonchev–Trinajstić information content (AvgIpc) is 3.81. The van der Waals surface area contributed by atoms with E-state index in [4.69, 9.17) is 14.7 Å². The zero-order valence-electron chi connectivity index (χ0n) is 29.3. The van der Waals surface area contributed by atoms with Crippen LogP contribution < -0.4 is 4.74 Å². The number of aromatic nitrogens is 5. The molecule has 0 aliphatic rings. The van der Waals surface area contributed by atoms with Crippen molar-refractivity contribution in [1.82, 2.24) is 23.5 Å². The van der Waals surface area contributed by atoms with Gasteiger partial charge in [-0.2, -0.15) is 12.1 Å². The maximum absolute atomic E-state index is 6.58. The van der Waals surface area contributed by atoms with Crippen LogP contribution in [0.3, 0.4) is 0 Å². The molecule has 0 aliphatic heterocycles. The van der Waals surface area contributed by atoms with Crippen LogP contribution in [-0.2, 0) is 26.5 Å². The van der Waals surface area contributed by atoms with Crippen molar-refractivity contribution in [3.63, 3.8) is 0 Å². The molecule has 10 rings (SSSR count). The van der Waals surface area contributed by atoms with Gasteiger partial charge in [0.15, 0.2) is 0 Å². The van der Waals surface area contributed by atoms with Gasteiger partial charge >= 0.3 is 21.1 Å². The van der Waals surface area contributed by atoms with Gasteiger partial charge in [-0.1, -0.05) is 98.7 Å². The number of pyridine rings is 1. The second-order valence-electron chi connectivity index (χ2n) is 14.2. The SMILES string of the molecule is CC(C)(C)c1ccnc(-n2c3[c-]c(Oc4[c-]c(-n5c6cc(-c7ccccc7)ccc6n6c7ccccc7nc56)ccc4)ccc3c3ccccc32)c1.[Pt+2]. The van der Waals surface area contributed by atoms with Gasteiger partial charge in [-0.3, -0.25) is 4.40 Å². The molecule has 53 heavy (non-hydrogen) atoms. The molecule has 0 saturated heterocycles. The van der Waals surface area contributed by atoms with Crippen LogP contribution in [0.15, 0.2) is 146 Å². The Hall–Kier alpha value is -5.97. The van der Waals surface area contributed by atoms with Crippen LogP contribution in [0.5, 0.6) is 11.5 Å². The summed E-state index contributed by atoms with van der Waals surface area (Å²) < 4.78 is 13.2. The number of rotatable bonds is 5. The summed E-state index contributed by atoms with van der Waals surface area (Å²) in [6, 6.07) is 55.3. The topological polar surface area (TPSA) is 49.3 Å². The molecule has 4 heterocycles. The van der Waals surface area contributed by atoms with Crippen LogP contribution in [0.4, 0.5) is 0 Å². The first-order chi connectivity index (χ1) is 25.4. The first-order valence-electron chi connectivity index (χ1n) is 17.5. The average molecular weight is 867 g/mol. The molecule has 6 aromatic carbocycles. The summed E-state index contributed by atoms with van der Waals surface area (Å²) in [6.07, 6.45) is 1.89. The van der Waals surface area contributed by atoms with Crippen molar-refractivity contribution in [1.29, 1.82) is 0 Å². The van der Waals surface area contributed by atoms with Crippen molar-refractivity contribution >= 4 is 49.7 Å². The van der Waals surface area contributed by atoms with Crippen molar-refractivity contribution in [2.24, 2.45) is 0 Å². The third-order valence-electron chi connectivity index (χ3n) is 9.92. The fraction of sp³-hybridized carbons (Fsp3) is 0.0870. The van der Waals surface area contributed by atoms with Gasteiger partial charge in [0.25, 0.3) is 0 Å². The molecular weight excluding hydrogens is 834 g/mol. The Bertz CT molecular complexity index is 2980. The van der Waals surface area contributed by atoms with Gasteiger partial charge in [-0.15, -0.1) is 35.7 Å². The number of benzene rings is 6. The quantitative estimate of drug-likeness (QED) is 0.162. The third kappa shape index (κ3) is 5.44. The molecule has 10 aromatic rings. The van der Waals surface area contributed by atoms with Crippen molar-refractivity contribution < 1.29 is 25.8 Å². The monoisotopic (exact) mass is 866 g/mol. The summed E-state index contributed by atoms with van der Waals surface area (Å²) in [4.78, 5) is 9.94. The number of hydrogen-bond donors (Lipinski definition) is 0. The van der Waals surface area contributed by atoms with Crippen LogP contribution in [0.25, 0.3) is 72.3 Å². The van der Waals surface area contributed by atoms with Crippen LogP contribution in [0.2, 0.25) is 0 Å². The molecule has 0 spiro atoms. The molecule has 0 bridgehead atoms. The summed E-state index contributed by atoms with van der Waals surface area (Å²) in [5.41, 5.74) is 10.4. The second kappa shape index (κ2) is 12.6. The molecule has 0 N–H and O–H groups in total. The van der Waals surface area contributed by atoms with Crippen LogP contribution in [0.1, 0.15) is 26.3 Å². The molecule has 0 amide bonds. The summed E-state index contributed by atoms with van der Waals surface area (Å²) in [5, 5.41) is 2.23. The van der Waals surface area contributed by atoms with Gasteiger partial charge < -0.3 is 13.9 Å². The van der Waals surface area contributed by atoms with E-state index in [0.29, 0.717) is 11.5 Å². The zero-order valence-corrected chi connectivity index (χ0v) is 31.6. The van der Waals surface area contributed by atoms with E-state index in [-0.39, 0.29) is 26.5 Å². The third-order valence-corrected chi connectivity index (χ3v) is 9.92. The fourth-order valence-electron chi connectivity index (χ4n) is 7.37.